The van der Waals surface area contributed by atoms with Gasteiger partial charge in [-0.1, -0.05) is 0 Å². The van der Waals surface area contributed by atoms with Crippen LogP contribution in [0, 0.1) is 0 Å². The molecule has 5 heteroatoms. The Morgan fingerprint density at radius 2 is 2.12 bits per heavy atom. The van der Waals surface area contributed by atoms with E-state index in [2.05, 4.69) is 4.98 Å². The van der Waals surface area contributed by atoms with E-state index in [4.69, 9.17) is 13.9 Å². The van der Waals surface area contributed by atoms with Crippen molar-refractivity contribution >= 4 is 10.9 Å². The molecule has 0 bridgehead atoms. The first-order valence-electron chi connectivity index (χ1n) is 4.86. The number of ether oxygens (including phenoxy) is 2. The number of aromatic hydroxyl groups is 1. The molecule has 0 spiro atoms. The summed E-state index contributed by atoms with van der Waals surface area (Å²) in [6.45, 7) is 0. The van der Waals surface area contributed by atoms with Gasteiger partial charge in [0.05, 0.1) is 5.39 Å². The number of pyridine rings is 1. The summed E-state index contributed by atoms with van der Waals surface area (Å²) < 4.78 is 15.0. The first-order valence-corrected chi connectivity index (χ1v) is 4.86. The van der Waals surface area contributed by atoms with Gasteiger partial charge in [0.1, 0.15) is 11.8 Å². The lowest BCUT2D eigenvalue weighted by atomic mass is 10.2. The number of hydrogen-bond acceptors (Lipinski definition) is 5. The van der Waals surface area contributed by atoms with Crippen molar-refractivity contribution in [2.45, 2.75) is 12.7 Å². The Labute approximate surface area is 92.6 Å². The summed E-state index contributed by atoms with van der Waals surface area (Å²) in [7, 11) is 3.16. The van der Waals surface area contributed by atoms with E-state index in [1.807, 2.05) is 6.07 Å². The van der Waals surface area contributed by atoms with Crippen molar-refractivity contribution in [3.8, 4) is 5.95 Å². The molecule has 0 amide bonds. The first kappa shape index (κ1) is 10.9. The lowest BCUT2D eigenvalue weighted by Gasteiger charge is -2.12. The third kappa shape index (κ3) is 2.00. The molecule has 0 fully saturated rings. The van der Waals surface area contributed by atoms with Crippen LogP contribution in [-0.2, 0) is 15.9 Å². The second kappa shape index (κ2) is 4.51. The van der Waals surface area contributed by atoms with Crippen molar-refractivity contribution in [2.75, 3.05) is 14.2 Å². The van der Waals surface area contributed by atoms with Crippen molar-refractivity contribution in [1.29, 1.82) is 0 Å². The second-order valence-corrected chi connectivity index (χ2v) is 3.38. The molecule has 5 nitrogen and oxygen atoms in total. The average Bonchev–Trinajstić information content (AvgIpc) is 2.68. The van der Waals surface area contributed by atoms with Crippen LogP contribution < -0.4 is 0 Å². The summed E-state index contributed by atoms with van der Waals surface area (Å²) in [6.07, 6.45) is 1.66. The van der Waals surface area contributed by atoms with Gasteiger partial charge in [0.15, 0.2) is 6.29 Å². The molecule has 2 aromatic rings. The smallest absolute Gasteiger partial charge is 0.291 e. The molecule has 0 atom stereocenters. The van der Waals surface area contributed by atoms with Crippen molar-refractivity contribution in [3.05, 3.63) is 24.1 Å². The number of methoxy groups -OCH3 is 2. The highest BCUT2D eigenvalue weighted by Crippen LogP contribution is 2.25. The highest BCUT2D eigenvalue weighted by atomic mass is 16.7. The highest BCUT2D eigenvalue weighted by Gasteiger charge is 2.10. The van der Waals surface area contributed by atoms with Gasteiger partial charge in [-0.3, -0.25) is 0 Å². The predicted octanol–water partition coefficient (Wildman–Crippen LogP) is 1.69. The van der Waals surface area contributed by atoms with Gasteiger partial charge in [0, 0.05) is 26.3 Å². The Morgan fingerprint density at radius 1 is 1.38 bits per heavy atom. The number of furan rings is 1. The Kier molecular flexibility index (Phi) is 3.07. The maximum atomic E-state index is 9.32. The molecule has 0 aliphatic heterocycles. The fourth-order valence-electron chi connectivity index (χ4n) is 1.51. The fraction of sp³-hybridized carbons (Fsp3) is 0.364. The van der Waals surface area contributed by atoms with E-state index >= 15 is 0 Å². The molecule has 2 rings (SSSR count). The van der Waals surface area contributed by atoms with Crippen LogP contribution in [0.4, 0.5) is 0 Å². The Bertz CT molecular complexity index is 476. The fourth-order valence-corrected chi connectivity index (χ4v) is 1.51. The van der Waals surface area contributed by atoms with Crippen molar-refractivity contribution in [2.24, 2.45) is 0 Å². The monoisotopic (exact) mass is 223 g/mol. The number of rotatable bonds is 4. The molecule has 86 valence electrons. The highest BCUT2D eigenvalue weighted by molar-refractivity contribution is 5.82. The first-order chi connectivity index (χ1) is 7.74. The van der Waals surface area contributed by atoms with Crippen LogP contribution in [0.3, 0.4) is 0 Å². The van der Waals surface area contributed by atoms with E-state index in [1.165, 1.54) is 6.26 Å². The van der Waals surface area contributed by atoms with Crippen LogP contribution in [0.1, 0.15) is 5.69 Å². The molecule has 16 heavy (non-hydrogen) atoms. The third-order valence-electron chi connectivity index (χ3n) is 2.40. The van der Waals surface area contributed by atoms with Crippen LogP contribution in [-0.4, -0.2) is 30.6 Å². The largest absolute Gasteiger partial charge is 0.480 e. The van der Waals surface area contributed by atoms with Gasteiger partial charge in [0.25, 0.3) is 5.95 Å². The van der Waals surface area contributed by atoms with Crippen LogP contribution >= 0.6 is 0 Å². The minimum atomic E-state index is -0.314. The summed E-state index contributed by atoms with van der Waals surface area (Å²) in [5, 5.41) is 9.93. The summed E-state index contributed by atoms with van der Waals surface area (Å²) in [4.78, 5) is 4.32. The quantitative estimate of drug-likeness (QED) is 0.799. The number of hydrogen-bond donors (Lipinski definition) is 1. The summed E-state index contributed by atoms with van der Waals surface area (Å²) in [5.41, 5.74) is 1.45. The van der Waals surface area contributed by atoms with Crippen LogP contribution in [0.15, 0.2) is 22.8 Å². The van der Waals surface area contributed by atoms with E-state index in [9.17, 15) is 5.11 Å². The standard InChI is InChI=1S/C11H13NO4/c1-14-10(15-2)5-7-3-4-8-9(12-7)6-16-11(8)13/h3-4,6,10,13H,5H2,1-2H3. The van der Waals surface area contributed by atoms with Gasteiger partial charge < -0.3 is 19.0 Å². The van der Waals surface area contributed by atoms with Crippen LogP contribution in [0.5, 0.6) is 5.95 Å². The van der Waals surface area contributed by atoms with Crippen molar-refractivity contribution in [1.82, 2.24) is 4.98 Å². The molecule has 2 heterocycles. The Hall–Kier alpha value is -1.59. The van der Waals surface area contributed by atoms with E-state index in [0.29, 0.717) is 17.3 Å². The number of fused-ring (bicyclic) bond motifs is 1. The van der Waals surface area contributed by atoms with Gasteiger partial charge in [-0.15, -0.1) is 0 Å². The van der Waals surface area contributed by atoms with Gasteiger partial charge in [-0.25, -0.2) is 4.98 Å². The van der Waals surface area contributed by atoms with Gasteiger partial charge >= 0.3 is 0 Å². The zero-order valence-corrected chi connectivity index (χ0v) is 9.14. The molecule has 0 aliphatic carbocycles. The average molecular weight is 223 g/mol. The minimum Gasteiger partial charge on any atom is -0.480 e. The van der Waals surface area contributed by atoms with Crippen molar-refractivity contribution in [3.63, 3.8) is 0 Å². The maximum Gasteiger partial charge on any atom is 0.291 e. The lowest BCUT2D eigenvalue weighted by molar-refractivity contribution is -0.101. The van der Waals surface area contributed by atoms with Crippen LogP contribution in [0.25, 0.3) is 10.9 Å². The third-order valence-corrected chi connectivity index (χ3v) is 2.40. The topological polar surface area (TPSA) is 64.7 Å². The van der Waals surface area contributed by atoms with E-state index < -0.39 is 0 Å². The summed E-state index contributed by atoms with van der Waals surface area (Å²) in [6, 6.07) is 3.57. The molecule has 0 saturated heterocycles. The van der Waals surface area contributed by atoms with E-state index in [0.717, 1.165) is 5.69 Å². The van der Waals surface area contributed by atoms with E-state index in [1.54, 1.807) is 20.3 Å². The lowest BCUT2D eigenvalue weighted by Crippen LogP contribution is -2.16. The normalized spacial score (nSPS) is 11.4. The zero-order valence-electron chi connectivity index (χ0n) is 9.14. The summed E-state index contributed by atoms with van der Waals surface area (Å²) in [5.74, 6) is -0.107. The Balaban J connectivity index is 2.25. The SMILES string of the molecule is COC(Cc1ccc2c(O)occ2n1)OC. The molecular formula is C11H13NO4. The number of nitrogens with zero attached hydrogens (tertiary/aromatic N) is 1. The Morgan fingerprint density at radius 3 is 2.81 bits per heavy atom. The second-order valence-electron chi connectivity index (χ2n) is 3.38. The molecule has 2 aromatic heterocycles. The molecule has 0 aromatic carbocycles. The minimum absolute atomic E-state index is 0.107. The van der Waals surface area contributed by atoms with Crippen molar-refractivity contribution < 1.29 is 19.0 Å². The summed E-state index contributed by atoms with van der Waals surface area (Å²) >= 11 is 0. The van der Waals surface area contributed by atoms with Gasteiger partial charge in [-0.2, -0.15) is 0 Å². The maximum absolute atomic E-state index is 9.32. The van der Waals surface area contributed by atoms with Gasteiger partial charge in [0.2, 0.25) is 0 Å². The van der Waals surface area contributed by atoms with Gasteiger partial charge in [-0.05, 0) is 12.1 Å². The molecule has 0 radical (unpaired) electrons. The molecule has 0 unspecified atom stereocenters. The molecular weight excluding hydrogens is 210 g/mol. The number of aromatic nitrogens is 1. The predicted molar refractivity (Wildman–Crippen MR) is 57.2 cm³/mol. The molecule has 1 N–H and O–H groups in total. The van der Waals surface area contributed by atoms with Crippen LogP contribution in [0.2, 0.25) is 0 Å². The zero-order chi connectivity index (χ0) is 11.5. The van der Waals surface area contributed by atoms with E-state index in [-0.39, 0.29) is 12.2 Å². The molecule has 0 saturated carbocycles. The molecule has 0 aliphatic rings.